The van der Waals surface area contributed by atoms with Crippen molar-refractivity contribution in [1.29, 1.82) is 0 Å². The molecule has 0 atom stereocenters. The number of para-hydroxylation sites is 2. The van der Waals surface area contributed by atoms with Crippen LogP contribution < -0.4 is 5.73 Å². The van der Waals surface area contributed by atoms with E-state index < -0.39 is 0 Å². The van der Waals surface area contributed by atoms with Crippen LogP contribution in [0.1, 0.15) is 20.3 Å². The van der Waals surface area contributed by atoms with Crippen molar-refractivity contribution in [3.63, 3.8) is 0 Å². The molecule has 0 bridgehead atoms. The molecule has 0 amide bonds. The number of aliphatic imine (C=N–C) groups is 1. The van der Waals surface area contributed by atoms with Gasteiger partial charge in [0.15, 0.2) is 0 Å². The van der Waals surface area contributed by atoms with Crippen LogP contribution in [-0.4, -0.2) is 11.5 Å². The van der Waals surface area contributed by atoms with E-state index in [4.69, 9.17) is 5.73 Å². The average Bonchev–Trinajstić information content (AvgIpc) is 2.07. The Hall–Kier alpha value is -1.64. The van der Waals surface area contributed by atoms with Gasteiger partial charge in [0.25, 0.3) is 0 Å². The minimum atomic E-state index is 0.112. The third-order valence-corrected chi connectivity index (χ3v) is 1.75. The summed E-state index contributed by atoms with van der Waals surface area (Å²) in [5.41, 5.74) is 7.86. The summed E-state index contributed by atoms with van der Waals surface area (Å²) in [5, 5.41) is 0. The first-order chi connectivity index (χ1) is 6.59. The van der Waals surface area contributed by atoms with Gasteiger partial charge in [0.05, 0.1) is 11.4 Å². The predicted octanol–water partition coefficient (Wildman–Crippen LogP) is 2.34. The Balaban J connectivity index is 2.86. The fraction of sp³-hybridized carbons (Fsp3) is 0.273. The maximum Gasteiger partial charge on any atom is 0.135 e. The lowest BCUT2D eigenvalue weighted by molar-refractivity contribution is -0.115. The highest BCUT2D eigenvalue weighted by atomic mass is 16.1. The zero-order valence-electron chi connectivity index (χ0n) is 8.45. The molecule has 0 heterocycles. The summed E-state index contributed by atoms with van der Waals surface area (Å²) in [7, 11) is 0. The van der Waals surface area contributed by atoms with Crippen LogP contribution in [0.3, 0.4) is 0 Å². The summed E-state index contributed by atoms with van der Waals surface area (Å²) in [6.45, 7) is 3.38. The third kappa shape index (κ3) is 3.01. The highest BCUT2D eigenvalue weighted by molar-refractivity contribution is 6.01. The van der Waals surface area contributed by atoms with Crippen LogP contribution in [0.25, 0.3) is 0 Å². The molecule has 3 nitrogen and oxygen atoms in total. The monoisotopic (exact) mass is 190 g/mol. The van der Waals surface area contributed by atoms with Gasteiger partial charge in [-0.05, 0) is 26.0 Å². The number of rotatable bonds is 3. The fourth-order valence-corrected chi connectivity index (χ4v) is 1.19. The molecule has 74 valence electrons. The third-order valence-electron chi connectivity index (χ3n) is 1.75. The van der Waals surface area contributed by atoms with Crippen molar-refractivity contribution in [2.45, 2.75) is 20.3 Å². The molecule has 2 N–H and O–H groups in total. The summed E-state index contributed by atoms with van der Waals surface area (Å²) >= 11 is 0. The van der Waals surface area contributed by atoms with Gasteiger partial charge < -0.3 is 5.73 Å². The molecule has 0 saturated heterocycles. The molecule has 3 heteroatoms. The van der Waals surface area contributed by atoms with Crippen LogP contribution in [0.2, 0.25) is 0 Å². The average molecular weight is 190 g/mol. The number of Topliss-reactive ketones (excluding diaryl/α,β-unsaturated/α-hetero) is 1. The number of hydrogen-bond acceptors (Lipinski definition) is 3. The standard InChI is InChI=1S/C11H14N2O/c1-8(7-9(2)14)13-11-6-4-3-5-10(11)12/h3-6H,7,12H2,1-2H3/b13-8+. The van der Waals surface area contributed by atoms with Crippen molar-refractivity contribution < 1.29 is 4.79 Å². The first kappa shape index (κ1) is 10.4. The van der Waals surface area contributed by atoms with Crippen LogP contribution in [-0.2, 0) is 4.79 Å². The summed E-state index contributed by atoms with van der Waals surface area (Å²) in [5.74, 6) is 0.112. The number of nitrogens with zero attached hydrogens (tertiary/aromatic N) is 1. The van der Waals surface area contributed by atoms with Gasteiger partial charge in [-0.2, -0.15) is 0 Å². The van der Waals surface area contributed by atoms with Crippen molar-refractivity contribution in [2.24, 2.45) is 4.99 Å². The van der Waals surface area contributed by atoms with Crippen molar-refractivity contribution in [2.75, 3.05) is 5.73 Å². The number of ketones is 1. The second-order valence-electron chi connectivity index (χ2n) is 3.28. The molecular weight excluding hydrogens is 176 g/mol. The Labute approximate surface area is 83.7 Å². The maximum absolute atomic E-state index is 10.8. The molecule has 0 aliphatic carbocycles. The van der Waals surface area contributed by atoms with Crippen molar-refractivity contribution in [3.8, 4) is 0 Å². The van der Waals surface area contributed by atoms with Gasteiger partial charge in [0.1, 0.15) is 5.78 Å². The van der Waals surface area contributed by atoms with E-state index in [1.54, 1.807) is 13.0 Å². The zero-order valence-corrected chi connectivity index (χ0v) is 8.45. The molecule has 0 spiro atoms. The smallest absolute Gasteiger partial charge is 0.135 e. The maximum atomic E-state index is 10.8. The number of nitrogen functional groups attached to an aromatic ring is 1. The minimum absolute atomic E-state index is 0.112. The van der Waals surface area contributed by atoms with Gasteiger partial charge in [-0.3, -0.25) is 9.79 Å². The van der Waals surface area contributed by atoms with Crippen LogP contribution in [0, 0.1) is 0 Å². The van der Waals surface area contributed by atoms with Crippen molar-refractivity contribution >= 4 is 22.9 Å². The molecule has 0 unspecified atom stereocenters. The molecule has 1 aromatic carbocycles. The number of benzene rings is 1. The lowest BCUT2D eigenvalue weighted by Crippen LogP contribution is -1.99. The highest BCUT2D eigenvalue weighted by Gasteiger charge is 1.99. The molecule has 0 fully saturated rings. The van der Waals surface area contributed by atoms with Crippen LogP contribution in [0.15, 0.2) is 29.3 Å². The Morgan fingerprint density at radius 3 is 2.57 bits per heavy atom. The van der Waals surface area contributed by atoms with Crippen molar-refractivity contribution in [3.05, 3.63) is 24.3 Å². The SMILES string of the molecule is CC(=O)C/C(C)=N/c1ccccc1N. The van der Waals surface area contributed by atoms with E-state index in [1.165, 1.54) is 0 Å². The van der Waals surface area contributed by atoms with E-state index in [2.05, 4.69) is 4.99 Å². The topological polar surface area (TPSA) is 55.5 Å². The van der Waals surface area contributed by atoms with E-state index in [9.17, 15) is 4.79 Å². The molecular formula is C11H14N2O. The molecule has 0 aromatic heterocycles. The van der Waals surface area contributed by atoms with E-state index >= 15 is 0 Å². The number of carbonyl (C=O) groups is 1. The van der Waals surface area contributed by atoms with Crippen LogP contribution >= 0.6 is 0 Å². The van der Waals surface area contributed by atoms with Gasteiger partial charge in [-0.15, -0.1) is 0 Å². The number of carbonyl (C=O) groups excluding carboxylic acids is 1. The number of hydrogen-bond donors (Lipinski definition) is 1. The Morgan fingerprint density at radius 2 is 2.00 bits per heavy atom. The molecule has 0 saturated carbocycles. The first-order valence-corrected chi connectivity index (χ1v) is 4.47. The Bertz CT molecular complexity index is 369. The van der Waals surface area contributed by atoms with Gasteiger partial charge in [-0.25, -0.2) is 0 Å². The van der Waals surface area contributed by atoms with Crippen molar-refractivity contribution in [1.82, 2.24) is 0 Å². The van der Waals surface area contributed by atoms with Crippen LogP contribution in [0.5, 0.6) is 0 Å². The first-order valence-electron chi connectivity index (χ1n) is 4.47. The largest absolute Gasteiger partial charge is 0.397 e. The summed E-state index contributed by atoms with van der Waals surface area (Å²) in [4.78, 5) is 15.1. The number of nitrogens with two attached hydrogens (primary N) is 1. The second kappa shape index (κ2) is 4.56. The lowest BCUT2D eigenvalue weighted by Gasteiger charge is -2.00. The van der Waals surface area contributed by atoms with Crippen LogP contribution in [0.4, 0.5) is 11.4 Å². The highest BCUT2D eigenvalue weighted by Crippen LogP contribution is 2.20. The second-order valence-corrected chi connectivity index (χ2v) is 3.28. The Morgan fingerprint density at radius 1 is 1.36 bits per heavy atom. The van der Waals surface area contributed by atoms with Gasteiger partial charge in [0, 0.05) is 12.1 Å². The molecule has 1 rings (SSSR count). The molecule has 0 radical (unpaired) electrons. The lowest BCUT2D eigenvalue weighted by atomic mass is 10.2. The minimum Gasteiger partial charge on any atom is -0.397 e. The summed E-state index contributed by atoms with van der Waals surface area (Å²) in [6.07, 6.45) is 0.383. The quantitative estimate of drug-likeness (QED) is 0.587. The summed E-state index contributed by atoms with van der Waals surface area (Å²) < 4.78 is 0. The Kier molecular flexibility index (Phi) is 3.40. The van der Waals surface area contributed by atoms with Gasteiger partial charge >= 0.3 is 0 Å². The van der Waals surface area contributed by atoms with E-state index in [-0.39, 0.29) is 5.78 Å². The van der Waals surface area contributed by atoms with E-state index in [0.717, 1.165) is 11.4 Å². The molecule has 14 heavy (non-hydrogen) atoms. The zero-order chi connectivity index (χ0) is 10.6. The molecule has 0 aliphatic rings. The molecule has 0 aliphatic heterocycles. The van der Waals surface area contributed by atoms with E-state index in [1.807, 2.05) is 25.1 Å². The van der Waals surface area contributed by atoms with Gasteiger partial charge in [0.2, 0.25) is 0 Å². The van der Waals surface area contributed by atoms with E-state index in [0.29, 0.717) is 12.1 Å². The predicted molar refractivity (Wildman–Crippen MR) is 58.9 cm³/mol. The molecule has 1 aromatic rings. The number of anilines is 1. The summed E-state index contributed by atoms with van der Waals surface area (Å²) in [6, 6.07) is 7.35. The normalized spacial score (nSPS) is 11.4. The fourth-order valence-electron chi connectivity index (χ4n) is 1.19. The van der Waals surface area contributed by atoms with Gasteiger partial charge in [-0.1, -0.05) is 12.1 Å².